The normalized spacial score (nSPS) is 25.2. The molecule has 2 aliphatic rings. The Morgan fingerprint density at radius 1 is 1.06 bits per heavy atom. The summed E-state index contributed by atoms with van der Waals surface area (Å²) in [6.07, 6.45) is 4.06. The molecule has 1 aliphatic carbocycles. The molecule has 1 aliphatic heterocycles. The largest absolute Gasteiger partial charge is 0.374 e. The summed E-state index contributed by atoms with van der Waals surface area (Å²) in [5.74, 6) is 1.35. The molecule has 1 saturated carbocycles. The van der Waals surface area contributed by atoms with Crippen molar-refractivity contribution in [2.75, 3.05) is 30.3 Å². The fourth-order valence-corrected chi connectivity index (χ4v) is 6.03. The third-order valence-electron chi connectivity index (χ3n) is 7.01. The van der Waals surface area contributed by atoms with Crippen LogP contribution in [0.3, 0.4) is 0 Å². The molecule has 1 heterocycles. The Bertz CT molecular complexity index is 824. The Morgan fingerprint density at radius 2 is 1.71 bits per heavy atom. The van der Waals surface area contributed by atoms with Crippen molar-refractivity contribution in [1.29, 1.82) is 0 Å². The number of hydrogen-bond acceptors (Lipinski definition) is 5. The molecule has 3 rings (SSSR count). The summed E-state index contributed by atoms with van der Waals surface area (Å²) in [7, 11) is -3.00. The summed E-state index contributed by atoms with van der Waals surface area (Å²) in [6.45, 7) is 10.4. The van der Waals surface area contributed by atoms with Crippen LogP contribution in [0, 0.1) is 17.8 Å². The van der Waals surface area contributed by atoms with Crippen LogP contribution in [-0.2, 0) is 25.8 Å². The van der Waals surface area contributed by atoms with Crippen LogP contribution in [0.5, 0.6) is 0 Å². The van der Waals surface area contributed by atoms with Crippen molar-refractivity contribution >= 4 is 21.3 Å². The van der Waals surface area contributed by atoms with Gasteiger partial charge in [0.1, 0.15) is 5.78 Å². The average molecular weight is 450 g/mol. The lowest BCUT2D eigenvalue weighted by molar-refractivity contribution is -0.123. The van der Waals surface area contributed by atoms with Crippen molar-refractivity contribution in [3.63, 3.8) is 0 Å². The van der Waals surface area contributed by atoms with Crippen LogP contribution in [-0.4, -0.2) is 51.0 Å². The number of carbonyl (C=O) groups excluding carboxylic acids is 1. The van der Waals surface area contributed by atoms with E-state index in [9.17, 15) is 13.2 Å². The summed E-state index contributed by atoms with van der Waals surface area (Å²) in [6, 6.07) is 8.40. The summed E-state index contributed by atoms with van der Waals surface area (Å²) < 4.78 is 30.2. The van der Waals surface area contributed by atoms with E-state index >= 15 is 0 Å². The van der Waals surface area contributed by atoms with Crippen LogP contribution in [0.15, 0.2) is 24.3 Å². The number of ether oxygens (including phenoxy) is 1. The molecule has 1 aromatic rings. The maximum Gasteiger partial charge on any atom is 0.152 e. The van der Waals surface area contributed by atoms with E-state index in [0.717, 1.165) is 50.9 Å². The zero-order valence-electron chi connectivity index (χ0n) is 19.5. The molecule has 6 heteroatoms. The maximum atomic E-state index is 12.8. The Balaban J connectivity index is 1.49. The number of benzene rings is 1. The minimum Gasteiger partial charge on any atom is -0.374 e. The molecule has 0 unspecified atom stereocenters. The number of rotatable bonds is 8. The lowest BCUT2D eigenvalue weighted by Crippen LogP contribution is -2.44. The monoisotopic (exact) mass is 449 g/mol. The van der Waals surface area contributed by atoms with E-state index in [1.165, 1.54) is 5.69 Å². The summed E-state index contributed by atoms with van der Waals surface area (Å²) >= 11 is 0. The molecule has 0 radical (unpaired) electrons. The number of hydrogen-bond donors (Lipinski definition) is 0. The van der Waals surface area contributed by atoms with Gasteiger partial charge >= 0.3 is 0 Å². The highest BCUT2D eigenvalue weighted by molar-refractivity contribution is 7.91. The lowest BCUT2D eigenvalue weighted by atomic mass is 9.79. The number of carbonyl (C=O) groups is 1. The molecule has 1 aromatic carbocycles. The minimum absolute atomic E-state index is 0.0729. The predicted octanol–water partition coefficient (Wildman–Crippen LogP) is 4.29. The molecule has 0 N–H and O–H groups in total. The second kappa shape index (κ2) is 10.5. The number of morpholine rings is 1. The van der Waals surface area contributed by atoms with Crippen LogP contribution in [0.4, 0.5) is 5.69 Å². The van der Waals surface area contributed by atoms with Crippen LogP contribution >= 0.6 is 0 Å². The first-order valence-corrected chi connectivity index (χ1v) is 13.6. The molecule has 174 valence electrons. The van der Waals surface area contributed by atoms with Gasteiger partial charge in [-0.15, -0.1) is 0 Å². The van der Waals surface area contributed by atoms with E-state index in [2.05, 4.69) is 43.0 Å². The van der Waals surface area contributed by atoms with Crippen LogP contribution in [0.2, 0.25) is 0 Å². The third-order valence-corrected chi connectivity index (χ3v) is 9.38. The highest BCUT2D eigenvalue weighted by Crippen LogP contribution is 2.32. The number of nitrogens with zero attached hydrogens (tertiary/aromatic N) is 1. The molecule has 0 amide bonds. The summed E-state index contributed by atoms with van der Waals surface area (Å²) in [4.78, 5) is 15.2. The summed E-state index contributed by atoms with van der Waals surface area (Å²) in [5, 5.41) is -0.316. The molecular weight excluding hydrogens is 410 g/mol. The van der Waals surface area contributed by atoms with E-state index in [-0.39, 0.29) is 28.9 Å². The molecule has 0 bridgehead atoms. The number of Topliss-reactive ketones (excluding diaryl/α,β-unsaturated/α-hetero) is 1. The first-order chi connectivity index (χ1) is 14.7. The van der Waals surface area contributed by atoms with Gasteiger partial charge in [-0.05, 0) is 69.1 Å². The van der Waals surface area contributed by atoms with Gasteiger partial charge in [0.15, 0.2) is 9.84 Å². The average Bonchev–Trinajstić information content (AvgIpc) is 2.74. The third kappa shape index (κ3) is 6.55. The number of sulfone groups is 1. The van der Waals surface area contributed by atoms with Gasteiger partial charge in [0, 0.05) is 31.1 Å². The second-order valence-corrected chi connectivity index (χ2v) is 12.6. The van der Waals surface area contributed by atoms with Gasteiger partial charge in [-0.25, -0.2) is 8.42 Å². The molecule has 31 heavy (non-hydrogen) atoms. The van der Waals surface area contributed by atoms with Gasteiger partial charge < -0.3 is 9.64 Å². The van der Waals surface area contributed by atoms with E-state index in [0.29, 0.717) is 18.1 Å². The molecule has 2 fully saturated rings. The lowest BCUT2D eigenvalue weighted by Gasteiger charge is -2.36. The van der Waals surface area contributed by atoms with Crippen molar-refractivity contribution in [1.82, 2.24) is 0 Å². The van der Waals surface area contributed by atoms with E-state index in [1.54, 1.807) is 13.8 Å². The Labute approximate surface area is 188 Å². The van der Waals surface area contributed by atoms with E-state index in [1.807, 2.05) is 0 Å². The van der Waals surface area contributed by atoms with E-state index < -0.39 is 9.84 Å². The van der Waals surface area contributed by atoms with Gasteiger partial charge in [-0.1, -0.05) is 26.0 Å². The summed E-state index contributed by atoms with van der Waals surface area (Å²) in [5.41, 5.74) is 2.25. The fourth-order valence-electron chi connectivity index (χ4n) is 4.66. The van der Waals surface area contributed by atoms with Crippen molar-refractivity contribution in [3.05, 3.63) is 29.8 Å². The first kappa shape index (κ1) is 24.2. The Hall–Kier alpha value is -1.40. The van der Waals surface area contributed by atoms with E-state index in [4.69, 9.17) is 4.74 Å². The van der Waals surface area contributed by atoms with Crippen LogP contribution in [0.1, 0.15) is 58.9 Å². The maximum absolute atomic E-state index is 12.8. The first-order valence-electron chi connectivity index (χ1n) is 11.9. The topological polar surface area (TPSA) is 63.7 Å². The highest BCUT2D eigenvalue weighted by atomic mass is 32.2. The fraction of sp³-hybridized carbons (Fsp3) is 0.720. The van der Waals surface area contributed by atoms with Crippen molar-refractivity contribution in [2.45, 2.75) is 71.2 Å². The predicted molar refractivity (Wildman–Crippen MR) is 126 cm³/mol. The smallest absolute Gasteiger partial charge is 0.152 e. The van der Waals surface area contributed by atoms with Crippen molar-refractivity contribution in [2.24, 2.45) is 17.8 Å². The van der Waals surface area contributed by atoms with Gasteiger partial charge in [-0.2, -0.15) is 0 Å². The Kier molecular flexibility index (Phi) is 8.19. The van der Waals surface area contributed by atoms with Gasteiger partial charge in [0.2, 0.25) is 0 Å². The number of ketones is 1. The highest BCUT2D eigenvalue weighted by Gasteiger charge is 2.30. The second-order valence-electron chi connectivity index (χ2n) is 10.0. The molecular formula is C25H39NO4S. The van der Waals surface area contributed by atoms with Crippen molar-refractivity contribution < 1.29 is 17.9 Å². The van der Waals surface area contributed by atoms with Crippen molar-refractivity contribution in [3.8, 4) is 0 Å². The Morgan fingerprint density at radius 3 is 2.29 bits per heavy atom. The van der Waals surface area contributed by atoms with Crippen LogP contribution < -0.4 is 4.90 Å². The molecule has 1 atom stereocenters. The zero-order chi connectivity index (χ0) is 22.6. The number of anilines is 1. The standard InChI is InChI=1S/C25H39NO4S/c1-18(2)25-16-26(13-14-30-25)23-11-7-20(8-12-23)15-24(27)22-9-5-21(6-10-22)17-31(28,29)19(3)4/h7-8,11-12,18-19,21-22,25H,5-6,9-10,13-17H2,1-4H3/t21?,22?,25-/m0/s1. The van der Waals surface area contributed by atoms with Gasteiger partial charge in [0.05, 0.1) is 23.7 Å². The molecule has 5 nitrogen and oxygen atoms in total. The van der Waals surface area contributed by atoms with Crippen LogP contribution in [0.25, 0.3) is 0 Å². The molecule has 0 spiro atoms. The minimum atomic E-state index is -3.00. The molecule has 0 aromatic heterocycles. The SMILES string of the molecule is CC(C)[C@@H]1CN(c2ccc(CC(=O)C3CCC(CS(=O)(=O)C(C)C)CC3)cc2)CCO1. The van der Waals surface area contributed by atoms with Gasteiger partial charge in [-0.3, -0.25) is 4.79 Å². The molecule has 1 saturated heterocycles. The van der Waals surface area contributed by atoms with Gasteiger partial charge in [0.25, 0.3) is 0 Å². The quantitative estimate of drug-likeness (QED) is 0.592. The zero-order valence-corrected chi connectivity index (χ0v) is 20.4.